The number of nitrogens with zero attached hydrogens (tertiary/aromatic N) is 3. The van der Waals surface area contributed by atoms with Crippen LogP contribution in [0.15, 0.2) is 54.7 Å². The zero-order valence-corrected chi connectivity index (χ0v) is 15.5. The molecule has 3 rings (SSSR count). The number of benzene rings is 2. The lowest BCUT2D eigenvalue weighted by atomic mass is 10.0. The SMILES string of the molecule is [C-]#[N+]c1cccc(Oc2ccc(-c3c([N+]#[C-])cn(C)c3C(=O)OCC)cc2)c1. The topological polar surface area (TPSA) is 49.2 Å². The van der Waals surface area contributed by atoms with Gasteiger partial charge in [0.2, 0.25) is 5.69 Å². The number of carbonyl (C=O) groups excluding carboxylic acids is 1. The zero-order valence-electron chi connectivity index (χ0n) is 15.5. The molecule has 3 aromatic rings. The van der Waals surface area contributed by atoms with Crippen molar-refractivity contribution in [3.8, 4) is 22.6 Å². The summed E-state index contributed by atoms with van der Waals surface area (Å²) in [6.07, 6.45) is 1.62. The second-order valence-corrected chi connectivity index (χ2v) is 5.92. The summed E-state index contributed by atoms with van der Waals surface area (Å²) in [5, 5.41) is 0. The first-order valence-electron chi connectivity index (χ1n) is 8.57. The summed E-state index contributed by atoms with van der Waals surface area (Å²) in [5.74, 6) is 0.685. The summed E-state index contributed by atoms with van der Waals surface area (Å²) in [6.45, 7) is 16.5. The van der Waals surface area contributed by atoms with Gasteiger partial charge in [-0.1, -0.05) is 24.3 Å². The highest BCUT2D eigenvalue weighted by atomic mass is 16.5. The van der Waals surface area contributed by atoms with E-state index in [-0.39, 0.29) is 6.61 Å². The third kappa shape index (κ3) is 3.72. The van der Waals surface area contributed by atoms with E-state index in [1.165, 1.54) is 0 Å². The summed E-state index contributed by atoms with van der Waals surface area (Å²) in [5.41, 5.74) is 2.48. The fourth-order valence-electron chi connectivity index (χ4n) is 2.87. The van der Waals surface area contributed by atoms with Crippen molar-refractivity contribution < 1.29 is 14.3 Å². The van der Waals surface area contributed by atoms with E-state index in [0.29, 0.717) is 34.1 Å². The third-order valence-corrected chi connectivity index (χ3v) is 4.08. The quantitative estimate of drug-likeness (QED) is 0.423. The fraction of sp³-hybridized carbons (Fsp3) is 0.136. The number of rotatable bonds is 5. The highest BCUT2D eigenvalue weighted by Crippen LogP contribution is 2.37. The fourth-order valence-corrected chi connectivity index (χ4v) is 2.87. The van der Waals surface area contributed by atoms with Gasteiger partial charge in [0.15, 0.2) is 5.69 Å². The van der Waals surface area contributed by atoms with Gasteiger partial charge in [-0.15, -0.1) is 0 Å². The second kappa shape index (κ2) is 8.11. The maximum atomic E-state index is 12.4. The van der Waals surface area contributed by atoms with E-state index in [4.69, 9.17) is 22.6 Å². The molecule has 0 saturated carbocycles. The number of esters is 1. The van der Waals surface area contributed by atoms with Gasteiger partial charge < -0.3 is 14.0 Å². The maximum Gasteiger partial charge on any atom is 0.354 e. The van der Waals surface area contributed by atoms with Crippen molar-refractivity contribution >= 4 is 17.3 Å². The van der Waals surface area contributed by atoms with Crippen LogP contribution in [0.2, 0.25) is 0 Å². The van der Waals surface area contributed by atoms with Crippen LogP contribution in [0.25, 0.3) is 20.8 Å². The van der Waals surface area contributed by atoms with Crippen molar-refractivity contribution in [1.82, 2.24) is 4.57 Å². The Hall–Kier alpha value is -4.03. The molecule has 0 radical (unpaired) electrons. The molecule has 2 aromatic carbocycles. The number of hydrogen-bond acceptors (Lipinski definition) is 3. The van der Waals surface area contributed by atoms with Crippen molar-refractivity contribution in [3.05, 3.63) is 83.3 Å². The Morgan fingerprint density at radius 3 is 2.46 bits per heavy atom. The molecular weight excluding hydrogens is 354 g/mol. The minimum atomic E-state index is -0.466. The average Bonchev–Trinajstić information content (AvgIpc) is 3.05. The molecular formula is C22H17N3O3. The van der Waals surface area contributed by atoms with Crippen LogP contribution in [0.5, 0.6) is 11.5 Å². The Bertz CT molecular complexity index is 1100. The van der Waals surface area contributed by atoms with Gasteiger partial charge in [-0.3, -0.25) is 0 Å². The van der Waals surface area contributed by atoms with E-state index in [1.54, 1.807) is 73.3 Å². The van der Waals surface area contributed by atoms with Gasteiger partial charge in [-0.05, 0) is 36.8 Å². The lowest BCUT2D eigenvalue weighted by Gasteiger charge is -2.10. The average molecular weight is 371 g/mol. The Balaban J connectivity index is 1.94. The number of aromatic nitrogens is 1. The van der Waals surface area contributed by atoms with Gasteiger partial charge in [0.1, 0.15) is 17.2 Å². The van der Waals surface area contributed by atoms with Crippen molar-refractivity contribution in [1.29, 1.82) is 0 Å². The Morgan fingerprint density at radius 2 is 1.82 bits per heavy atom. The largest absolute Gasteiger partial charge is 0.461 e. The molecule has 0 bridgehead atoms. The second-order valence-electron chi connectivity index (χ2n) is 5.92. The van der Waals surface area contributed by atoms with Crippen LogP contribution < -0.4 is 4.74 Å². The lowest BCUT2D eigenvalue weighted by molar-refractivity contribution is 0.0516. The van der Waals surface area contributed by atoms with Crippen molar-refractivity contribution in [2.75, 3.05) is 6.61 Å². The Kier molecular flexibility index (Phi) is 5.43. The van der Waals surface area contributed by atoms with E-state index in [9.17, 15) is 4.79 Å². The Labute approximate surface area is 163 Å². The maximum absolute atomic E-state index is 12.4. The first-order chi connectivity index (χ1) is 13.6. The molecule has 0 spiro atoms. The highest BCUT2D eigenvalue weighted by Gasteiger charge is 2.22. The molecule has 0 saturated heterocycles. The molecule has 138 valence electrons. The van der Waals surface area contributed by atoms with E-state index < -0.39 is 5.97 Å². The van der Waals surface area contributed by atoms with Crippen LogP contribution in [0.1, 0.15) is 17.4 Å². The van der Waals surface area contributed by atoms with Crippen LogP contribution in [0.4, 0.5) is 11.4 Å². The molecule has 0 N–H and O–H groups in total. The van der Waals surface area contributed by atoms with Gasteiger partial charge in [-0.25, -0.2) is 14.5 Å². The first-order valence-corrected chi connectivity index (χ1v) is 8.57. The first kappa shape index (κ1) is 18.8. The van der Waals surface area contributed by atoms with Crippen molar-refractivity contribution in [2.45, 2.75) is 6.92 Å². The lowest BCUT2D eigenvalue weighted by Crippen LogP contribution is -2.10. The zero-order chi connectivity index (χ0) is 20.1. The van der Waals surface area contributed by atoms with E-state index in [1.807, 2.05) is 0 Å². The van der Waals surface area contributed by atoms with Crippen molar-refractivity contribution in [3.63, 3.8) is 0 Å². The molecule has 0 aliphatic rings. The van der Waals surface area contributed by atoms with Gasteiger partial charge >= 0.3 is 5.97 Å². The molecule has 0 aliphatic heterocycles. The highest BCUT2D eigenvalue weighted by molar-refractivity contribution is 6.00. The molecule has 6 heteroatoms. The minimum Gasteiger partial charge on any atom is -0.461 e. The summed E-state index contributed by atoms with van der Waals surface area (Å²) in [6, 6.07) is 14.0. The van der Waals surface area contributed by atoms with Crippen LogP contribution in [-0.2, 0) is 11.8 Å². The minimum absolute atomic E-state index is 0.257. The summed E-state index contributed by atoms with van der Waals surface area (Å²) in [7, 11) is 1.71. The van der Waals surface area contributed by atoms with E-state index in [0.717, 1.165) is 5.56 Å². The number of aryl methyl sites for hydroxylation is 1. The summed E-state index contributed by atoms with van der Waals surface area (Å²) in [4.78, 5) is 19.3. The van der Waals surface area contributed by atoms with E-state index >= 15 is 0 Å². The molecule has 1 aromatic heterocycles. The summed E-state index contributed by atoms with van der Waals surface area (Å²) >= 11 is 0. The van der Waals surface area contributed by atoms with Crippen molar-refractivity contribution in [2.24, 2.45) is 7.05 Å². The molecule has 0 aliphatic carbocycles. The molecule has 6 nitrogen and oxygen atoms in total. The van der Waals surface area contributed by atoms with E-state index in [2.05, 4.69) is 9.69 Å². The molecule has 0 fully saturated rings. The number of carbonyl (C=O) groups is 1. The van der Waals surface area contributed by atoms with Gasteiger partial charge in [0.25, 0.3) is 0 Å². The predicted octanol–water partition coefficient (Wildman–Crippen LogP) is 5.76. The van der Waals surface area contributed by atoms with Gasteiger partial charge in [0.05, 0.1) is 19.8 Å². The Morgan fingerprint density at radius 1 is 1.07 bits per heavy atom. The number of hydrogen-bond donors (Lipinski definition) is 0. The van der Waals surface area contributed by atoms with Crippen LogP contribution in [0, 0.1) is 13.1 Å². The number of ether oxygens (including phenoxy) is 2. The molecule has 1 heterocycles. The third-order valence-electron chi connectivity index (χ3n) is 4.08. The predicted molar refractivity (Wildman–Crippen MR) is 106 cm³/mol. The smallest absolute Gasteiger partial charge is 0.354 e. The normalized spacial score (nSPS) is 10.0. The molecule has 28 heavy (non-hydrogen) atoms. The van der Waals surface area contributed by atoms with Crippen LogP contribution >= 0.6 is 0 Å². The van der Waals surface area contributed by atoms with Gasteiger partial charge in [-0.2, -0.15) is 0 Å². The monoisotopic (exact) mass is 371 g/mol. The summed E-state index contributed by atoms with van der Waals surface area (Å²) < 4.78 is 12.5. The van der Waals surface area contributed by atoms with Crippen LogP contribution in [-0.4, -0.2) is 17.1 Å². The molecule has 0 unspecified atom stereocenters. The van der Waals surface area contributed by atoms with Crippen LogP contribution in [0.3, 0.4) is 0 Å². The molecule has 0 amide bonds. The standard InChI is InChI=1S/C22H17N3O3/c1-5-27-22(26)21-20(19(24-3)14-25(21)4)15-9-11-17(12-10-15)28-18-8-6-7-16(13-18)23-2/h6-14H,5H2,1,4H3. The van der Waals surface area contributed by atoms with Gasteiger partial charge in [0, 0.05) is 18.8 Å². The molecule has 0 atom stereocenters.